The molecule has 0 spiro atoms. The van der Waals surface area contributed by atoms with E-state index in [1.165, 1.54) is 6.20 Å². The second-order valence-corrected chi connectivity index (χ2v) is 6.46. The molecule has 1 unspecified atom stereocenters. The van der Waals surface area contributed by atoms with Gasteiger partial charge in [-0.15, -0.1) is 0 Å². The number of anilines is 3. The van der Waals surface area contributed by atoms with Crippen molar-refractivity contribution in [1.29, 1.82) is 0 Å². The van der Waals surface area contributed by atoms with Gasteiger partial charge in [-0.1, -0.05) is 18.9 Å². The van der Waals surface area contributed by atoms with E-state index in [0.717, 1.165) is 12.8 Å². The number of ether oxygens (including phenoxy) is 1. The molecule has 1 saturated carbocycles. The van der Waals surface area contributed by atoms with Crippen LogP contribution in [0.4, 0.5) is 17.5 Å². The van der Waals surface area contributed by atoms with Crippen LogP contribution in [0.3, 0.4) is 0 Å². The number of hydrogen-bond donors (Lipinski definition) is 4. The molecule has 2 amide bonds. The van der Waals surface area contributed by atoms with Gasteiger partial charge in [-0.3, -0.25) is 9.59 Å². The number of carbonyl (C=O) groups excluding carboxylic acids is 2. The summed E-state index contributed by atoms with van der Waals surface area (Å²) in [6.45, 7) is 0. The van der Waals surface area contributed by atoms with Crippen LogP contribution in [0.2, 0.25) is 0 Å². The van der Waals surface area contributed by atoms with Crippen molar-refractivity contribution in [3.8, 4) is 5.75 Å². The van der Waals surface area contributed by atoms with E-state index in [1.54, 1.807) is 31.4 Å². The monoisotopic (exact) mass is 370 g/mol. The van der Waals surface area contributed by atoms with Gasteiger partial charge in [0, 0.05) is 18.0 Å². The van der Waals surface area contributed by atoms with Crippen molar-refractivity contribution in [2.24, 2.45) is 17.4 Å². The second-order valence-electron chi connectivity index (χ2n) is 6.46. The lowest BCUT2D eigenvalue weighted by atomic mass is 10.1. The minimum Gasteiger partial charge on any atom is -0.497 e. The summed E-state index contributed by atoms with van der Waals surface area (Å²) in [6.07, 6.45) is 4.13. The van der Waals surface area contributed by atoms with Crippen molar-refractivity contribution in [1.82, 2.24) is 9.97 Å². The molecular formula is C18H22N6O3. The highest BCUT2D eigenvalue weighted by Gasteiger charge is 2.29. The molecule has 6 N–H and O–H groups in total. The summed E-state index contributed by atoms with van der Waals surface area (Å²) in [5.41, 5.74) is 11.7. The molecule has 9 heteroatoms. The van der Waals surface area contributed by atoms with Crippen LogP contribution in [-0.4, -0.2) is 34.9 Å². The summed E-state index contributed by atoms with van der Waals surface area (Å²) < 4.78 is 5.19. The quantitative estimate of drug-likeness (QED) is 0.522. The fourth-order valence-corrected chi connectivity index (χ4v) is 2.65. The molecule has 9 nitrogen and oxygen atoms in total. The summed E-state index contributed by atoms with van der Waals surface area (Å²) in [7, 11) is 1.56. The van der Waals surface area contributed by atoms with Crippen LogP contribution >= 0.6 is 0 Å². The fourth-order valence-electron chi connectivity index (χ4n) is 2.65. The number of nitrogens with one attached hydrogen (secondary N) is 2. The molecule has 1 heterocycles. The zero-order valence-electron chi connectivity index (χ0n) is 14.9. The lowest BCUT2D eigenvalue weighted by Crippen LogP contribution is -2.36. The lowest BCUT2D eigenvalue weighted by Gasteiger charge is -2.16. The number of methoxy groups -OCH3 is 1. The molecule has 0 bridgehead atoms. The molecule has 1 aromatic carbocycles. The summed E-state index contributed by atoms with van der Waals surface area (Å²) in [5, 5.41) is 5.99. The van der Waals surface area contributed by atoms with Gasteiger partial charge in [0.05, 0.1) is 7.11 Å². The maximum atomic E-state index is 11.7. The van der Waals surface area contributed by atoms with E-state index in [2.05, 4.69) is 20.6 Å². The van der Waals surface area contributed by atoms with Crippen molar-refractivity contribution in [3.63, 3.8) is 0 Å². The molecule has 0 radical (unpaired) electrons. The molecule has 1 aliphatic carbocycles. The fraction of sp³-hybridized carbons (Fsp3) is 0.333. The number of carbonyl (C=O) groups is 2. The van der Waals surface area contributed by atoms with Crippen LogP contribution in [0.5, 0.6) is 5.75 Å². The van der Waals surface area contributed by atoms with Crippen molar-refractivity contribution >= 4 is 29.3 Å². The Morgan fingerprint density at radius 2 is 2.11 bits per heavy atom. The maximum Gasteiger partial charge on any atom is 0.254 e. The average Bonchev–Trinajstić information content (AvgIpc) is 3.45. The van der Waals surface area contributed by atoms with E-state index in [0.29, 0.717) is 23.8 Å². The number of primary amides is 2. The molecule has 1 fully saturated rings. The van der Waals surface area contributed by atoms with Crippen molar-refractivity contribution in [2.75, 3.05) is 17.7 Å². The van der Waals surface area contributed by atoms with Crippen LogP contribution in [0.15, 0.2) is 30.5 Å². The lowest BCUT2D eigenvalue weighted by molar-refractivity contribution is -0.119. The van der Waals surface area contributed by atoms with Crippen molar-refractivity contribution in [2.45, 2.75) is 25.3 Å². The van der Waals surface area contributed by atoms with Crippen molar-refractivity contribution in [3.05, 3.63) is 36.0 Å². The Balaban J connectivity index is 1.85. The second kappa shape index (κ2) is 7.90. The Morgan fingerprint density at radius 3 is 2.74 bits per heavy atom. The number of aromatic nitrogens is 2. The molecule has 142 valence electrons. The molecule has 0 saturated heterocycles. The summed E-state index contributed by atoms with van der Waals surface area (Å²) in [4.78, 5) is 31.8. The standard InChI is InChI=1S/C18H22N6O3/c1-27-12-4-2-3-11(8-12)22-17-13(15(19)25)9-21-18(24-17)23-14(16(20)26)7-10-5-6-10/h2-4,8-10,14H,5-7H2,1H3,(H2,19,25)(H2,20,26)(H2,21,22,23,24). The van der Waals surface area contributed by atoms with Gasteiger partial charge < -0.3 is 26.8 Å². The van der Waals surface area contributed by atoms with E-state index in [4.69, 9.17) is 16.2 Å². The summed E-state index contributed by atoms with van der Waals surface area (Å²) in [5.74, 6) is 0.418. The molecule has 0 aliphatic heterocycles. The Labute approximate surface area is 156 Å². The van der Waals surface area contributed by atoms with Gasteiger partial charge in [0.2, 0.25) is 11.9 Å². The highest BCUT2D eigenvalue weighted by atomic mass is 16.5. The zero-order chi connectivity index (χ0) is 19.4. The Hall–Kier alpha value is -3.36. The van der Waals surface area contributed by atoms with Crippen LogP contribution in [0, 0.1) is 5.92 Å². The first-order valence-electron chi connectivity index (χ1n) is 8.60. The highest BCUT2D eigenvalue weighted by molar-refractivity contribution is 5.98. The van der Waals surface area contributed by atoms with Gasteiger partial charge in [-0.2, -0.15) is 4.98 Å². The maximum absolute atomic E-state index is 11.7. The first-order valence-corrected chi connectivity index (χ1v) is 8.60. The minimum atomic E-state index is -0.670. The third-order valence-electron chi connectivity index (χ3n) is 4.30. The van der Waals surface area contributed by atoms with Crippen molar-refractivity contribution < 1.29 is 14.3 Å². The Kier molecular flexibility index (Phi) is 5.39. The van der Waals surface area contributed by atoms with Gasteiger partial charge in [0.1, 0.15) is 23.2 Å². The molecule has 1 aliphatic rings. The molecular weight excluding hydrogens is 348 g/mol. The van der Waals surface area contributed by atoms with E-state index in [9.17, 15) is 9.59 Å². The highest BCUT2D eigenvalue weighted by Crippen LogP contribution is 2.34. The zero-order valence-corrected chi connectivity index (χ0v) is 14.9. The third kappa shape index (κ3) is 4.84. The van der Waals surface area contributed by atoms with Gasteiger partial charge in [0.25, 0.3) is 5.91 Å². The first-order chi connectivity index (χ1) is 13.0. The predicted molar refractivity (Wildman–Crippen MR) is 101 cm³/mol. The normalized spacial score (nSPS) is 14.3. The molecule has 1 atom stereocenters. The number of rotatable bonds is 9. The molecule has 3 rings (SSSR count). The minimum absolute atomic E-state index is 0.126. The number of hydrogen-bond acceptors (Lipinski definition) is 7. The first kappa shape index (κ1) is 18.4. The summed E-state index contributed by atoms with van der Waals surface area (Å²) >= 11 is 0. The van der Waals surface area contributed by atoms with Gasteiger partial charge in [-0.25, -0.2) is 4.98 Å². The van der Waals surface area contributed by atoms with Gasteiger partial charge in [-0.05, 0) is 24.5 Å². The van der Waals surface area contributed by atoms with Gasteiger partial charge in [0.15, 0.2) is 0 Å². The molecule has 2 aromatic rings. The topological polar surface area (TPSA) is 145 Å². The predicted octanol–water partition coefficient (Wildman–Crippen LogP) is 1.39. The number of amides is 2. The van der Waals surface area contributed by atoms with Crippen LogP contribution in [-0.2, 0) is 4.79 Å². The number of nitrogens with zero attached hydrogens (tertiary/aromatic N) is 2. The van der Waals surface area contributed by atoms with E-state index < -0.39 is 17.9 Å². The van der Waals surface area contributed by atoms with E-state index in [1.807, 2.05) is 0 Å². The van der Waals surface area contributed by atoms with Gasteiger partial charge >= 0.3 is 0 Å². The Morgan fingerprint density at radius 1 is 1.33 bits per heavy atom. The van der Waals surface area contributed by atoms with Crippen LogP contribution < -0.4 is 26.8 Å². The third-order valence-corrected chi connectivity index (χ3v) is 4.30. The van der Waals surface area contributed by atoms with E-state index in [-0.39, 0.29) is 17.3 Å². The summed E-state index contributed by atoms with van der Waals surface area (Å²) in [6, 6.07) is 6.56. The van der Waals surface area contributed by atoms with E-state index >= 15 is 0 Å². The Bertz CT molecular complexity index is 853. The number of nitrogens with two attached hydrogens (primary N) is 2. The largest absolute Gasteiger partial charge is 0.497 e. The SMILES string of the molecule is COc1cccc(Nc2nc(NC(CC3CC3)C(N)=O)ncc2C(N)=O)c1. The average molecular weight is 370 g/mol. The smallest absolute Gasteiger partial charge is 0.254 e. The van der Waals surface area contributed by atoms with Crippen LogP contribution in [0.25, 0.3) is 0 Å². The molecule has 27 heavy (non-hydrogen) atoms. The number of benzene rings is 1. The van der Waals surface area contributed by atoms with Crippen LogP contribution in [0.1, 0.15) is 29.6 Å². The molecule has 1 aromatic heterocycles.